The van der Waals surface area contributed by atoms with Gasteiger partial charge in [-0.1, -0.05) is 12.1 Å². The first-order chi connectivity index (χ1) is 16.6. The number of rotatable bonds is 14. The van der Waals surface area contributed by atoms with Crippen LogP contribution < -0.4 is 10.6 Å². The van der Waals surface area contributed by atoms with Crippen molar-refractivity contribution < 1.29 is 19.4 Å². The van der Waals surface area contributed by atoms with Gasteiger partial charge in [-0.15, -0.1) is 0 Å². The van der Waals surface area contributed by atoms with Gasteiger partial charge in [0.05, 0.1) is 6.61 Å². The predicted molar refractivity (Wildman–Crippen MR) is 130 cm³/mol. The largest absolute Gasteiger partial charge is 0.480 e. The van der Waals surface area contributed by atoms with Gasteiger partial charge < -0.3 is 25.4 Å². The molecule has 1 aliphatic rings. The first-order valence-corrected chi connectivity index (χ1v) is 12.0. The van der Waals surface area contributed by atoms with E-state index in [9.17, 15) is 14.7 Å². The highest BCUT2D eigenvalue weighted by molar-refractivity contribution is 5.94. The lowest BCUT2D eigenvalue weighted by Gasteiger charge is -2.24. The van der Waals surface area contributed by atoms with E-state index in [-0.39, 0.29) is 5.69 Å². The van der Waals surface area contributed by atoms with Crippen molar-refractivity contribution in [3.63, 3.8) is 0 Å². The Labute approximate surface area is 200 Å². The molecule has 2 aromatic rings. The van der Waals surface area contributed by atoms with Gasteiger partial charge in [0.15, 0.2) is 0 Å². The minimum atomic E-state index is -1.05. The van der Waals surface area contributed by atoms with Gasteiger partial charge in [0, 0.05) is 38.6 Å². The van der Waals surface area contributed by atoms with Crippen LogP contribution in [-0.2, 0) is 22.4 Å². The van der Waals surface area contributed by atoms with Crippen molar-refractivity contribution in [3.8, 4) is 0 Å². The number of carbonyl (C=O) groups is 2. The summed E-state index contributed by atoms with van der Waals surface area (Å²) < 4.78 is 5.22. The number of carbonyl (C=O) groups excluding carboxylic acids is 1. The van der Waals surface area contributed by atoms with E-state index in [0.29, 0.717) is 26.1 Å². The Morgan fingerprint density at radius 2 is 2.09 bits per heavy atom. The second kappa shape index (κ2) is 13.6. The Morgan fingerprint density at radius 3 is 2.85 bits per heavy atom. The van der Waals surface area contributed by atoms with Crippen molar-refractivity contribution in [1.82, 2.24) is 20.2 Å². The van der Waals surface area contributed by atoms with Crippen LogP contribution in [-0.4, -0.2) is 77.8 Å². The lowest BCUT2D eigenvalue weighted by Crippen LogP contribution is -2.43. The number of hydrogen-bond acceptors (Lipinski definition) is 7. The summed E-state index contributed by atoms with van der Waals surface area (Å²) in [4.78, 5) is 35.0. The summed E-state index contributed by atoms with van der Waals surface area (Å²) in [6.45, 7) is 3.63. The fraction of sp³-hybridized carbons (Fsp3) is 0.520. The summed E-state index contributed by atoms with van der Waals surface area (Å²) in [7, 11) is 1.65. The number of methoxy groups -OCH3 is 1. The van der Waals surface area contributed by atoms with Gasteiger partial charge in [-0.2, -0.15) is 0 Å². The topological polar surface area (TPSA) is 117 Å². The molecule has 0 aliphatic carbocycles. The van der Waals surface area contributed by atoms with E-state index in [0.717, 1.165) is 56.7 Å². The number of fused-ring (bicyclic) bond motifs is 1. The fourth-order valence-electron chi connectivity index (χ4n) is 4.00. The summed E-state index contributed by atoms with van der Waals surface area (Å²) in [5.74, 6) is -0.510. The molecule has 9 heteroatoms. The lowest BCUT2D eigenvalue weighted by molar-refractivity contribution is -0.139. The summed E-state index contributed by atoms with van der Waals surface area (Å²) >= 11 is 0. The van der Waals surface area contributed by atoms with E-state index in [4.69, 9.17) is 9.72 Å². The molecule has 0 saturated carbocycles. The van der Waals surface area contributed by atoms with Crippen molar-refractivity contribution in [2.75, 3.05) is 45.2 Å². The normalized spacial score (nSPS) is 13.7. The number of ether oxygens (including phenoxy) is 1. The molecular formula is C25H35N5O4. The smallest absolute Gasteiger partial charge is 0.326 e. The predicted octanol–water partition coefficient (Wildman–Crippen LogP) is 2.38. The number of carboxylic acid groups (broad SMARTS) is 1. The van der Waals surface area contributed by atoms with Crippen LogP contribution in [0.5, 0.6) is 0 Å². The number of hydrogen-bond donors (Lipinski definition) is 3. The fourth-order valence-corrected chi connectivity index (χ4v) is 4.00. The third kappa shape index (κ3) is 8.07. The standard InChI is InChI=1S/C25H35N5O4/c1-34-18-17-30(15-5-3-8-20-11-10-19-7-6-14-27-23(19)28-20)16-12-22(25(32)33)29-24(31)21-9-2-4-13-26-21/h2,4,9-11,13,22H,3,5-8,12,14-18H2,1H3,(H,27,28)(H,29,31)(H,32,33)/t22-/m0/s1. The molecule has 0 saturated heterocycles. The molecule has 9 nitrogen and oxygen atoms in total. The molecular weight excluding hydrogens is 434 g/mol. The molecule has 0 spiro atoms. The molecule has 3 rings (SSSR count). The maximum atomic E-state index is 12.3. The lowest BCUT2D eigenvalue weighted by atomic mass is 10.1. The molecule has 34 heavy (non-hydrogen) atoms. The quantitative estimate of drug-likeness (QED) is 0.361. The number of amides is 1. The zero-order valence-electron chi connectivity index (χ0n) is 19.8. The van der Waals surface area contributed by atoms with Crippen LogP contribution in [0.4, 0.5) is 5.82 Å². The van der Waals surface area contributed by atoms with E-state index in [1.807, 2.05) is 0 Å². The van der Waals surface area contributed by atoms with Crippen LogP contribution in [0.15, 0.2) is 36.5 Å². The van der Waals surface area contributed by atoms with Crippen molar-refractivity contribution in [1.29, 1.82) is 0 Å². The van der Waals surface area contributed by atoms with E-state index in [2.05, 4.69) is 32.7 Å². The monoisotopic (exact) mass is 469 g/mol. The van der Waals surface area contributed by atoms with Gasteiger partial charge in [-0.3, -0.25) is 9.78 Å². The maximum absolute atomic E-state index is 12.3. The number of pyridine rings is 2. The molecule has 1 amide bonds. The Balaban J connectivity index is 1.46. The van der Waals surface area contributed by atoms with E-state index in [1.54, 1.807) is 25.3 Å². The molecule has 1 atom stereocenters. The number of aryl methyl sites for hydroxylation is 2. The summed E-state index contributed by atoms with van der Waals surface area (Å²) in [6.07, 6.45) is 6.92. The van der Waals surface area contributed by atoms with Gasteiger partial charge in [0.25, 0.3) is 5.91 Å². The molecule has 3 N–H and O–H groups in total. The van der Waals surface area contributed by atoms with Crippen LogP contribution in [0.1, 0.15) is 47.4 Å². The molecule has 0 unspecified atom stereocenters. The highest BCUT2D eigenvalue weighted by atomic mass is 16.5. The van der Waals surface area contributed by atoms with Gasteiger partial charge >= 0.3 is 5.97 Å². The van der Waals surface area contributed by atoms with Crippen LogP contribution >= 0.6 is 0 Å². The van der Waals surface area contributed by atoms with E-state index >= 15 is 0 Å². The van der Waals surface area contributed by atoms with E-state index in [1.165, 1.54) is 11.8 Å². The highest BCUT2D eigenvalue weighted by Gasteiger charge is 2.22. The van der Waals surface area contributed by atoms with Crippen molar-refractivity contribution in [3.05, 3.63) is 53.5 Å². The Morgan fingerprint density at radius 1 is 1.21 bits per heavy atom. The van der Waals surface area contributed by atoms with Crippen molar-refractivity contribution in [2.45, 2.75) is 44.6 Å². The summed E-state index contributed by atoms with van der Waals surface area (Å²) in [6, 6.07) is 8.28. The number of nitrogens with one attached hydrogen (secondary N) is 2. The maximum Gasteiger partial charge on any atom is 0.326 e. The second-order valence-electron chi connectivity index (χ2n) is 8.50. The molecule has 0 bridgehead atoms. The van der Waals surface area contributed by atoms with Crippen molar-refractivity contribution in [2.24, 2.45) is 0 Å². The number of unbranched alkanes of at least 4 members (excludes halogenated alkanes) is 1. The molecule has 3 heterocycles. The number of anilines is 1. The molecule has 1 aliphatic heterocycles. The summed E-state index contributed by atoms with van der Waals surface area (Å²) in [5, 5.41) is 15.6. The number of aliphatic carboxylic acids is 1. The zero-order valence-corrected chi connectivity index (χ0v) is 19.8. The number of aromatic nitrogens is 2. The van der Waals surface area contributed by atoms with Gasteiger partial charge in [-0.05, 0) is 68.8 Å². The molecule has 0 fully saturated rings. The number of nitrogens with zero attached hydrogens (tertiary/aromatic N) is 3. The third-order valence-electron chi connectivity index (χ3n) is 5.96. The second-order valence-corrected chi connectivity index (χ2v) is 8.50. The van der Waals surface area contributed by atoms with Crippen LogP contribution in [0.25, 0.3) is 0 Å². The first kappa shape index (κ1) is 25.6. The average molecular weight is 470 g/mol. The molecule has 2 aromatic heterocycles. The van der Waals surface area contributed by atoms with Crippen molar-refractivity contribution >= 4 is 17.7 Å². The van der Waals surface area contributed by atoms with Gasteiger partial charge in [0.1, 0.15) is 17.6 Å². The minimum absolute atomic E-state index is 0.205. The van der Waals surface area contributed by atoms with Gasteiger partial charge in [0.2, 0.25) is 0 Å². The average Bonchev–Trinajstić information content (AvgIpc) is 2.86. The Kier molecular flexibility index (Phi) is 10.2. The minimum Gasteiger partial charge on any atom is -0.480 e. The van der Waals surface area contributed by atoms with Crippen LogP contribution in [0.2, 0.25) is 0 Å². The molecule has 0 aromatic carbocycles. The highest BCUT2D eigenvalue weighted by Crippen LogP contribution is 2.20. The Hall–Kier alpha value is -3.04. The Bertz CT molecular complexity index is 925. The zero-order chi connectivity index (χ0) is 24.2. The van der Waals surface area contributed by atoms with Gasteiger partial charge in [-0.25, -0.2) is 9.78 Å². The third-order valence-corrected chi connectivity index (χ3v) is 5.96. The SMILES string of the molecule is COCCN(CCCCc1ccc2c(n1)NCCC2)CC[C@H](NC(=O)c1ccccn1)C(=O)O. The molecule has 184 valence electrons. The van der Waals surface area contributed by atoms with E-state index < -0.39 is 17.9 Å². The first-order valence-electron chi connectivity index (χ1n) is 12.0. The molecule has 0 radical (unpaired) electrons. The van der Waals surface area contributed by atoms with Crippen LogP contribution in [0.3, 0.4) is 0 Å². The number of carboxylic acids is 1. The summed E-state index contributed by atoms with van der Waals surface area (Å²) in [5.41, 5.74) is 2.60. The van der Waals surface area contributed by atoms with Crippen LogP contribution in [0, 0.1) is 0 Å².